The number of nitrogens with zero attached hydrogens (tertiary/aromatic N) is 1. The molecule has 1 aromatic rings. The second kappa shape index (κ2) is 8.63. The zero-order valence-electron chi connectivity index (χ0n) is 13.3. The molecular formula is C16H25N3O3S. The molecule has 0 radical (unpaired) electrons. The van der Waals surface area contributed by atoms with Crippen LogP contribution in [0.25, 0.3) is 0 Å². The van der Waals surface area contributed by atoms with Gasteiger partial charge < -0.3 is 20.1 Å². The van der Waals surface area contributed by atoms with Gasteiger partial charge in [-0.15, -0.1) is 11.3 Å². The van der Waals surface area contributed by atoms with Crippen LogP contribution >= 0.6 is 11.3 Å². The quantitative estimate of drug-likeness (QED) is 0.824. The van der Waals surface area contributed by atoms with Crippen LogP contribution in [0.2, 0.25) is 0 Å². The topological polar surface area (TPSA) is 62.8 Å². The molecular weight excluding hydrogens is 314 g/mol. The van der Waals surface area contributed by atoms with E-state index in [1.807, 2.05) is 0 Å². The lowest BCUT2D eigenvalue weighted by Crippen LogP contribution is -2.46. The summed E-state index contributed by atoms with van der Waals surface area (Å²) >= 11 is 1.74. The molecule has 3 rings (SSSR count). The normalized spacial score (nSPS) is 23.6. The summed E-state index contributed by atoms with van der Waals surface area (Å²) in [6, 6.07) is 4.33. The Morgan fingerprint density at radius 1 is 1.30 bits per heavy atom. The highest BCUT2D eigenvalue weighted by atomic mass is 32.1. The Hall–Kier alpha value is -1.15. The van der Waals surface area contributed by atoms with E-state index in [1.54, 1.807) is 11.3 Å². The number of nitrogens with one attached hydrogen (secondary N) is 2. The molecule has 6 nitrogen and oxygen atoms in total. The van der Waals surface area contributed by atoms with Crippen LogP contribution in [-0.4, -0.2) is 63.5 Å². The van der Waals surface area contributed by atoms with Crippen molar-refractivity contribution >= 4 is 17.4 Å². The van der Waals surface area contributed by atoms with Gasteiger partial charge in [0.25, 0.3) is 0 Å². The maximum absolute atomic E-state index is 12.1. The van der Waals surface area contributed by atoms with Crippen molar-refractivity contribution in [2.24, 2.45) is 5.92 Å². The Labute approximate surface area is 141 Å². The Morgan fingerprint density at radius 3 is 2.87 bits per heavy atom. The van der Waals surface area contributed by atoms with Gasteiger partial charge in [0, 0.05) is 43.6 Å². The third-order valence-electron chi connectivity index (χ3n) is 4.39. The molecule has 2 aliphatic heterocycles. The Bertz CT molecular complexity index is 471. The maximum Gasteiger partial charge on any atom is 0.314 e. The van der Waals surface area contributed by atoms with Gasteiger partial charge in [-0.25, -0.2) is 4.79 Å². The largest absolute Gasteiger partial charge is 0.381 e. The van der Waals surface area contributed by atoms with Gasteiger partial charge in [-0.3, -0.25) is 4.90 Å². The molecule has 0 unspecified atom stereocenters. The molecule has 0 aliphatic carbocycles. The van der Waals surface area contributed by atoms with Crippen LogP contribution in [0.15, 0.2) is 17.5 Å². The van der Waals surface area contributed by atoms with Crippen molar-refractivity contribution in [2.75, 3.05) is 52.6 Å². The summed E-state index contributed by atoms with van der Waals surface area (Å²) in [5.74, 6) is 0.452. The minimum atomic E-state index is -0.0910. The first-order valence-corrected chi connectivity index (χ1v) is 9.15. The monoisotopic (exact) mass is 339 g/mol. The van der Waals surface area contributed by atoms with E-state index in [0.29, 0.717) is 19.0 Å². The minimum absolute atomic E-state index is 0.0910. The zero-order chi connectivity index (χ0) is 15.9. The predicted octanol–water partition coefficient (Wildman–Crippen LogP) is 1.46. The van der Waals surface area contributed by atoms with Gasteiger partial charge in [-0.1, -0.05) is 6.07 Å². The average molecular weight is 339 g/mol. The van der Waals surface area contributed by atoms with E-state index in [2.05, 4.69) is 33.0 Å². The van der Waals surface area contributed by atoms with Gasteiger partial charge in [0.2, 0.25) is 0 Å². The van der Waals surface area contributed by atoms with Crippen LogP contribution in [0.3, 0.4) is 0 Å². The van der Waals surface area contributed by atoms with Gasteiger partial charge in [0.05, 0.1) is 25.9 Å². The van der Waals surface area contributed by atoms with Crippen LogP contribution in [0.4, 0.5) is 4.79 Å². The van der Waals surface area contributed by atoms with Gasteiger partial charge in [-0.2, -0.15) is 0 Å². The van der Waals surface area contributed by atoms with E-state index in [9.17, 15) is 4.79 Å². The molecule has 128 valence electrons. The first-order chi connectivity index (χ1) is 11.3. The lowest BCUT2D eigenvalue weighted by Gasteiger charge is -2.34. The molecule has 2 N–H and O–H groups in total. The second-order valence-electron chi connectivity index (χ2n) is 6.00. The molecule has 7 heteroatoms. The average Bonchev–Trinajstić information content (AvgIpc) is 3.28. The molecule has 23 heavy (non-hydrogen) atoms. The van der Waals surface area contributed by atoms with Gasteiger partial charge >= 0.3 is 6.03 Å². The van der Waals surface area contributed by atoms with E-state index in [0.717, 1.165) is 45.9 Å². The number of ether oxygens (including phenoxy) is 2. The van der Waals surface area contributed by atoms with Crippen molar-refractivity contribution in [1.82, 2.24) is 15.5 Å². The van der Waals surface area contributed by atoms with E-state index in [4.69, 9.17) is 9.47 Å². The summed E-state index contributed by atoms with van der Waals surface area (Å²) in [6.45, 7) is 6.21. The van der Waals surface area contributed by atoms with Crippen LogP contribution < -0.4 is 10.6 Å². The molecule has 0 bridgehead atoms. The fraction of sp³-hybridized carbons (Fsp3) is 0.688. The Morgan fingerprint density at radius 2 is 2.17 bits per heavy atom. The first-order valence-electron chi connectivity index (χ1n) is 8.27. The Kier molecular flexibility index (Phi) is 6.27. The molecule has 2 fully saturated rings. The molecule has 3 heterocycles. The van der Waals surface area contributed by atoms with Crippen molar-refractivity contribution in [1.29, 1.82) is 0 Å². The van der Waals surface area contributed by atoms with E-state index in [1.165, 1.54) is 4.88 Å². The number of hydrogen-bond acceptors (Lipinski definition) is 5. The summed E-state index contributed by atoms with van der Waals surface area (Å²) in [5.41, 5.74) is 0. The fourth-order valence-corrected chi connectivity index (χ4v) is 3.87. The number of morpholine rings is 1. The van der Waals surface area contributed by atoms with Crippen LogP contribution in [0, 0.1) is 5.92 Å². The van der Waals surface area contributed by atoms with Crippen molar-refractivity contribution in [2.45, 2.75) is 12.5 Å². The summed E-state index contributed by atoms with van der Waals surface area (Å²) in [6.07, 6.45) is 1.03. The number of urea groups is 1. The number of amides is 2. The minimum Gasteiger partial charge on any atom is -0.381 e. The van der Waals surface area contributed by atoms with Gasteiger partial charge in [0.15, 0.2) is 0 Å². The Balaban J connectivity index is 1.48. The van der Waals surface area contributed by atoms with Gasteiger partial charge in [-0.05, 0) is 17.9 Å². The number of carbonyl (C=O) groups is 1. The maximum atomic E-state index is 12.1. The van der Waals surface area contributed by atoms with E-state index < -0.39 is 0 Å². The van der Waals surface area contributed by atoms with Crippen LogP contribution in [0.5, 0.6) is 0 Å². The standard InChI is InChI=1S/C16H25N3O3S/c20-16(17-10-13-3-6-22-12-13)18-11-14(15-2-1-9-23-15)19-4-7-21-8-5-19/h1-2,9,13-14H,3-8,10-12H2,(H2,17,18,20)/t13-,14+/m1/s1. The lowest BCUT2D eigenvalue weighted by molar-refractivity contribution is 0.0174. The SMILES string of the molecule is O=C(NC[C@H]1CCOC1)NC[C@@H](c1cccs1)N1CCOCC1. The highest BCUT2D eigenvalue weighted by Gasteiger charge is 2.24. The zero-order valence-corrected chi connectivity index (χ0v) is 14.1. The summed E-state index contributed by atoms with van der Waals surface area (Å²) < 4.78 is 10.8. The molecule has 2 aliphatic rings. The van der Waals surface area contributed by atoms with E-state index in [-0.39, 0.29) is 12.1 Å². The number of rotatable bonds is 6. The first kappa shape index (κ1) is 16.7. The number of hydrogen-bond donors (Lipinski definition) is 2. The summed E-state index contributed by atoms with van der Waals surface area (Å²) in [5, 5.41) is 8.07. The molecule has 1 aromatic heterocycles. The number of thiophene rings is 1. The number of carbonyl (C=O) groups excluding carboxylic acids is 1. The molecule has 0 saturated carbocycles. The molecule has 2 amide bonds. The van der Waals surface area contributed by atoms with Crippen LogP contribution in [-0.2, 0) is 9.47 Å². The van der Waals surface area contributed by atoms with Crippen molar-refractivity contribution < 1.29 is 14.3 Å². The summed E-state index contributed by atoms with van der Waals surface area (Å²) in [4.78, 5) is 15.7. The molecule has 2 saturated heterocycles. The molecule has 2 atom stereocenters. The molecule has 0 spiro atoms. The van der Waals surface area contributed by atoms with Crippen molar-refractivity contribution in [3.8, 4) is 0 Å². The summed E-state index contributed by atoms with van der Waals surface area (Å²) in [7, 11) is 0. The molecule has 0 aromatic carbocycles. The van der Waals surface area contributed by atoms with Crippen LogP contribution in [0.1, 0.15) is 17.3 Å². The van der Waals surface area contributed by atoms with Crippen molar-refractivity contribution in [3.63, 3.8) is 0 Å². The van der Waals surface area contributed by atoms with E-state index >= 15 is 0 Å². The smallest absolute Gasteiger partial charge is 0.314 e. The highest BCUT2D eigenvalue weighted by molar-refractivity contribution is 7.10. The fourth-order valence-electron chi connectivity index (χ4n) is 3.01. The third-order valence-corrected chi connectivity index (χ3v) is 5.36. The highest BCUT2D eigenvalue weighted by Crippen LogP contribution is 2.25. The van der Waals surface area contributed by atoms with Gasteiger partial charge in [0.1, 0.15) is 0 Å². The lowest BCUT2D eigenvalue weighted by atomic mass is 10.1. The predicted molar refractivity (Wildman–Crippen MR) is 89.8 cm³/mol. The second-order valence-corrected chi connectivity index (χ2v) is 6.98. The third kappa shape index (κ3) is 4.91. The van der Waals surface area contributed by atoms with Crippen molar-refractivity contribution in [3.05, 3.63) is 22.4 Å².